The maximum Gasteiger partial charge on any atom is 0.304 e. The number of hydrogen-bond donors (Lipinski definition) is 1. The third-order valence-electron chi connectivity index (χ3n) is 3.84. The van der Waals surface area contributed by atoms with Gasteiger partial charge in [0.15, 0.2) is 11.5 Å². The van der Waals surface area contributed by atoms with E-state index in [9.17, 15) is 9.90 Å². The summed E-state index contributed by atoms with van der Waals surface area (Å²) < 4.78 is 10.7. The van der Waals surface area contributed by atoms with Crippen molar-refractivity contribution in [2.45, 2.75) is 31.1 Å². The zero-order chi connectivity index (χ0) is 13.3. The third-order valence-corrected chi connectivity index (χ3v) is 3.84. The number of benzene rings is 1. The molecule has 0 fully saturated rings. The van der Waals surface area contributed by atoms with Crippen molar-refractivity contribution in [3.63, 3.8) is 0 Å². The van der Waals surface area contributed by atoms with Crippen LogP contribution in [0.2, 0.25) is 0 Å². The van der Waals surface area contributed by atoms with Crippen LogP contribution < -0.4 is 9.47 Å². The zero-order valence-electron chi connectivity index (χ0n) is 10.6. The first-order valence-corrected chi connectivity index (χ1v) is 6.49. The molecule has 4 heteroatoms. The van der Waals surface area contributed by atoms with E-state index in [1.54, 1.807) is 0 Å². The lowest BCUT2D eigenvalue weighted by Crippen LogP contribution is -2.28. The number of carboxylic acids is 1. The maximum absolute atomic E-state index is 11.2. The van der Waals surface area contributed by atoms with E-state index < -0.39 is 11.4 Å². The Kier molecular flexibility index (Phi) is 2.93. The van der Waals surface area contributed by atoms with Crippen molar-refractivity contribution >= 4 is 5.97 Å². The molecule has 19 heavy (non-hydrogen) atoms. The molecule has 0 aromatic heterocycles. The van der Waals surface area contributed by atoms with Crippen LogP contribution in [0.5, 0.6) is 11.5 Å². The highest BCUT2D eigenvalue weighted by molar-refractivity contribution is 5.70. The van der Waals surface area contributed by atoms with Crippen molar-refractivity contribution in [3.8, 4) is 11.5 Å². The van der Waals surface area contributed by atoms with Gasteiger partial charge < -0.3 is 14.6 Å². The summed E-state index contributed by atoms with van der Waals surface area (Å²) in [5.41, 5.74) is 0.584. The summed E-state index contributed by atoms with van der Waals surface area (Å²) in [5, 5.41) is 9.20. The lowest BCUT2D eigenvalue weighted by Gasteiger charge is -2.32. The van der Waals surface area contributed by atoms with Crippen LogP contribution in [0.1, 0.15) is 31.2 Å². The summed E-state index contributed by atoms with van der Waals surface area (Å²) in [6, 6.07) is 5.73. The zero-order valence-corrected chi connectivity index (χ0v) is 10.6. The summed E-state index contributed by atoms with van der Waals surface area (Å²) in [5.74, 6) is 0.666. The molecule has 1 N–H and O–H groups in total. The molecule has 1 aliphatic heterocycles. The van der Waals surface area contributed by atoms with Crippen LogP contribution in [0.25, 0.3) is 0 Å². The van der Waals surface area contributed by atoms with Gasteiger partial charge in [0, 0.05) is 5.41 Å². The number of fused-ring (bicyclic) bond motifs is 1. The smallest absolute Gasteiger partial charge is 0.304 e. The van der Waals surface area contributed by atoms with Gasteiger partial charge in [0.2, 0.25) is 6.79 Å². The summed E-state index contributed by atoms with van der Waals surface area (Å²) in [4.78, 5) is 11.2. The quantitative estimate of drug-likeness (QED) is 0.849. The van der Waals surface area contributed by atoms with E-state index in [0.29, 0.717) is 5.75 Å². The molecular weight excluding hydrogens is 244 g/mol. The van der Waals surface area contributed by atoms with Crippen molar-refractivity contribution in [2.75, 3.05) is 6.79 Å². The van der Waals surface area contributed by atoms with Crippen LogP contribution in [0.15, 0.2) is 30.4 Å². The number of aliphatic carboxylic acids is 1. The van der Waals surface area contributed by atoms with Gasteiger partial charge in [0.05, 0.1) is 6.42 Å². The minimum absolute atomic E-state index is 0.114. The normalized spacial score (nSPS) is 24.4. The highest BCUT2D eigenvalue weighted by Gasteiger charge is 2.34. The SMILES string of the molecule is O=C(O)CC1(c2ccc3c(c2)OCO3)C=CCCC1. The van der Waals surface area contributed by atoms with Gasteiger partial charge in [0.25, 0.3) is 0 Å². The van der Waals surface area contributed by atoms with Gasteiger partial charge in [-0.3, -0.25) is 4.79 Å². The predicted molar refractivity (Wildman–Crippen MR) is 69.5 cm³/mol. The van der Waals surface area contributed by atoms with Crippen molar-refractivity contribution < 1.29 is 19.4 Å². The van der Waals surface area contributed by atoms with E-state index in [1.165, 1.54) is 0 Å². The van der Waals surface area contributed by atoms with E-state index in [4.69, 9.17) is 9.47 Å². The number of rotatable bonds is 3. The molecule has 1 aromatic carbocycles. The molecule has 1 heterocycles. The molecule has 0 saturated heterocycles. The van der Waals surface area contributed by atoms with Gasteiger partial charge in [-0.1, -0.05) is 18.2 Å². The lowest BCUT2D eigenvalue weighted by molar-refractivity contribution is -0.138. The number of hydrogen-bond acceptors (Lipinski definition) is 3. The molecule has 1 unspecified atom stereocenters. The fourth-order valence-electron chi connectivity index (χ4n) is 2.89. The van der Waals surface area contributed by atoms with Crippen LogP contribution in [-0.4, -0.2) is 17.9 Å². The molecule has 0 bridgehead atoms. The maximum atomic E-state index is 11.2. The van der Waals surface area contributed by atoms with Gasteiger partial charge in [-0.25, -0.2) is 0 Å². The first-order chi connectivity index (χ1) is 9.20. The van der Waals surface area contributed by atoms with Crippen molar-refractivity contribution in [1.82, 2.24) is 0 Å². The molecular formula is C15H16O4. The fourth-order valence-corrected chi connectivity index (χ4v) is 2.89. The van der Waals surface area contributed by atoms with Crippen LogP contribution in [-0.2, 0) is 10.2 Å². The Hall–Kier alpha value is -1.97. The van der Waals surface area contributed by atoms with Crippen molar-refractivity contribution in [3.05, 3.63) is 35.9 Å². The third kappa shape index (κ3) is 2.18. The number of ether oxygens (including phenoxy) is 2. The molecule has 1 aromatic rings. The second-order valence-electron chi connectivity index (χ2n) is 5.09. The van der Waals surface area contributed by atoms with Crippen molar-refractivity contribution in [1.29, 1.82) is 0 Å². The van der Waals surface area contributed by atoms with Gasteiger partial charge in [-0.05, 0) is 37.0 Å². The molecule has 1 atom stereocenters. The fraction of sp³-hybridized carbons (Fsp3) is 0.400. The van der Waals surface area contributed by atoms with E-state index in [2.05, 4.69) is 6.08 Å². The molecule has 4 nitrogen and oxygen atoms in total. The number of carbonyl (C=O) groups is 1. The molecule has 2 aliphatic rings. The molecule has 0 amide bonds. The van der Waals surface area contributed by atoms with Crippen LogP contribution >= 0.6 is 0 Å². The molecule has 100 valence electrons. The van der Waals surface area contributed by atoms with Gasteiger partial charge in [-0.2, -0.15) is 0 Å². The Morgan fingerprint density at radius 3 is 2.89 bits per heavy atom. The standard InChI is InChI=1S/C15H16O4/c16-14(17)9-15(6-2-1-3-7-15)11-4-5-12-13(8-11)19-10-18-12/h2,4-6,8H,1,3,7,9-10H2,(H,16,17). The first-order valence-electron chi connectivity index (χ1n) is 6.49. The van der Waals surface area contributed by atoms with Gasteiger partial charge in [-0.15, -0.1) is 0 Å². The number of carboxylic acid groups (broad SMARTS) is 1. The monoisotopic (exact) mass is 260 g/mol. The molecule has 0 radical (unpaired) electrons. The average Bonchev–Trinajstić information content (AvgIpc) is 2.86. The highest BCUT2D eigenvalue weighted by atomic mass is 16.7. The molecule has 0 spiro atoms. The van der Waals surface area contributed by atoms with Crippen molar-refractivity contribution in [2.24, 2.45) is 0 Å². The molecule has 3 rings (SSSR count). The van der Waals surface area contributed by atoms with E-state index >= 15 is 0 Å². The van der Waals surface area contributed by atoms with Gasteiger partial charge >= 0.3 is 5.97 Å². The Morgan fingerprint density at radius 1 is 1.32 bits per heavy atom. The van der Waals surface area contributed by atoms with Gasteiger partial charge in [0.1, 0.15) is 0 Å². The largest absolute Gasteiger partial charge is 0.481 e. The highest BCUT2D eigenvalue weighted by Crippen LogP contribution is 2.42. The summed E-state index contributed by atoms with van der Waals surface area (Å²) in [6.45, 7) is 0.237. The summed E-state index contributed by atoms with van der Waals surface area (Å²) in [6.07, 6.45) is 7.13. The minimum Gasteiger partial charge on any atom is -0.481 e. The number of allylic oxidation sites excluding steroid dienone is 2. The Labute approximate surface area is 111 Å². The molecule has 1 aliphatic carbocycles. The van der Waals surface area contributed by atoms with E-state index in [1.807, 2.05) is 24.3 Å². The Balaban J connectivity index is 2.02. The predicted octanol–water partition coefficient (Wildman–Crippen LogP) is 2.87. The lowest BCUT2D eigenvalue weighted by atomic mass is 9.71. The van der Waals surface area contributed by atoms with E-state index in [-0.39, 0.29) is 13.2 Å². The second-order valence-corrected chi connectivity index (χ2v) is 5.09. The topological polar surface area (TPSA) is 55.8 Å². The molecule has 0 saturated carbocycles. The first kappa shape index (κ1) is 12.1. The minimum atomic E-state index is -0.774. The van der Waals surface area contributed by atoms with Crippen LogP contribution in [0.3, 0.4) is 0 Å². The van der Waals surface area contributed by atoms with Crippen LogP contribution in [0.4, 0.5) is 0 Å². The summed E-state index contributed by atoms with van der Waals surface area (Å²) in [7, 11) is 0. The van der Waals surface area contributed by atoms with E-state index in [0.717, 1.165) is 30.6 Å². The second kappa shape index (κ2) is 4.61. The average molecular weight is 260 g/mol. The Bertz CT molecular complexity index is 535. The summed E-state index contributed by atoms with van der Waals surface area (Å²) >= 11 is 0. The van der Waals surface area contributed by atoms with Crippen LogP contribution in [0, 0.1) is 0 Å². The Morgan fingerprint density at radius 2 is 2.16 bits per heavy atom.